The predicted octanol–water partition coefficient (Wildman–Crippen LogP) is 1.73. The summed E-state index contributed by atoms with van der Waals surface area (Å²) in [6, 6.07) is 5.70. The van der Waals surface area contributed by atoms with Crippen LogP contribution in [0.15, 0.2) is 24.4 Å². The Morgan fingerprint density at radius 3 is 2.90 bits per heavy atom. The van der Waals surface area contributed by atoms with Crippen molar-refractivity contribution < 1.29 is 4.79 Å². The molecule has 5 heteroatoms. The van der Waals surface area contributed by atoms with Gasteiger partial charge in [0.05, 0.1) is 11.7 Å². The van der Waals surface area contributed by atoms with E-state index in [1.165, 1.54) is 0 Å². The van der Waals surface area contributed by atoms with Crippen LogP contribution in [-0.2, 0) is 0 Å². The molecule has 1 fully saturated rings. The normalized spacial score (nSPS) is 19.4. The van der Waals surface area contributed by atoms with E-state index in [2.05, 4.69) is 36.0 Å². The van der Waals surface area contributed by atoms with E-state index in [1.54, 1.807) is 6.20 Å². The second-order valence-corrected chi connectivity index (χ2v) is 6.13. The number of rotatable bonds is 1. The highest BCUT2D eigenvalue weighted by Gasteiger charge is 2.33. The average Bonchev–Trinajstić information content (AvgIpc) is 2.88. The van der Waals surface area contributed by atoms with Crippen molar-refractivity contribution in [2.45, 2.75) is 19.4 Å². The Balaban J connectivity index is 1.85. The SMILES string of the molecule is CN1CCN(C(=O)c2ccc3cn[nH]c3c2)CC1(C)C. The lowest BCUT2D eigenvalue weighted by Gasteiger charge is -2.45. The number of aromatic amines is 1. The smallest absolute Gasteiger partial charge is 0.254 e. The van der Waals surface area contributed by atoms with Gasteiger partial charge in [-0.25, -0.2) is 0 Å². The van der Waals surface area contributed by atoms with Gasteiger partial charge in [-0.15, -0.1) is 0 Å². The van der Waals surface area contributed by atoms with Crippen molar-refractivity contribution in [3.8, 4) is 0 Å². The fourth-order valence-corrected chi connectivity index (χ4v) is 2.67. The minimum atomic E-state index is 0.0198. The van der Waals surface area contributed by atoms with Crippen molar-refractivity contribution in [2.24, 2.45) is 0 Å². The molecule has 0 atom stereocenters. The van der Waals surface area contributed by atoms with Gasteiger partial charge in [-0.05, 0) is 33.0 Å². The van der Waals surface area contributed by atoms with Crippen molar-refractivity contribution in [1.29, 1.82) is 0 Å². The fourth-order valence-electron chi connectivity index (χ4n) is 2.67. The van der Waals surface area contributed by atoms with Crippen molar-refractivity contribution >= 4 is 16.8 Å². The quantitative estimate of drug-likeness (QED) is 0.860. The number of carbonyl (C=O) groups excluding carboxylic acids is 1. The number of likely N-dealkylation sites (N-methyl/N-ethyl adjacent to an activating group) is 1. The second-order valence-electron chi connectivity index (χ2n) is 6.13. The van der Waals surface area contributed by atoms with E-state index < -0.39 is 0 Å². The zero-order chi connectivity index (χ0) is 14.3. The Hall–Kier alpha value is -1.88. The third-order valence-electron chi connectivity index (χ3n) is 4.29. The van der Waals surface area contributed by atoms with E-state index in [1.807, 2.05) is 23.1 Å². The molecule has 1 saturated heterocycles. The van der Waals surface area contributed by atoms with Gasteiger partial charge in [0, 0.05) is 36.1 Å². The number of piperazine rings is 1. The van der Waals surface area contributed by atoms with Crippen molar-refractivity contribution in [1.82, 2.24) is 20.0 Å². The Bertz CT molecular complexity index is 646. The number of aromatic nitrogens is 2. The minimum absolute atomic E-state index is 0.0198. The standard InChI is InChI=1S/C15H20N4O/c1-15(2)10-19(7-6-18(15)3)14(20)11-4-5-12-9-16-17-13(12)8-11/h4-5,8-9H,6-7,10H2,1-3H3,(H,16,17). The Kier molecular flexibility index (Phi) is 3.01. The molecule has 1 aromatic carbocycles. The highest BCUT2D eigenvalue weighted by molar-refractivity contribution is 5.97. The molecule has 0 aliphatic carbocycles. The van der Waals surface area contributed by atoms with E-state index in [9.17, 15) is 4.79 Å². The van der Waals surface area contributed by atoms with Crippen LogP contribution in [0.2, 0.25) is 0 Å². The third kappa shape index (κ3) is 2.18. The molecular weight excluding hydrogens is 252 g/mol. The molecule has 0 saturated carbocycles. The van der Waals surface area contributed by atoms with Crippen LogP contribution in [0.25, 0.3) is 10.9 Å². The van der Waals surface area contributed by atoms with Crippen LogP contribution in [0.3, 0.4) is 0 Å². The molecule has 1 aliphatic heterocycles. The number of hydrogen-bond donors (Lipinski definition) is 1. The van der Waals surface area contributed by atoms with Gasteiger partial charge in [0.25, 0.3) is 5.91 Å². The number of carbonyl (C=O) groups is 1. The van der Waals surface area contributed by atoms with E-state index in [4.69, 9.17) is 0 Å². The molecular formula is C15H20N4O. The summed E-state index contributed by atoms with van der Waals surface area (Å²) in [6.07, 6.45) is 1.77. The minimum Gasteiger partial charge on any atom is -0.336 e. The number of amides is 1. The lowest BCUT2D eigenvalue weighted by molar-refractivity contribution is 0.0311. The van der Waals surface area contributed by atoms with Crippen LogP contribution >= 0.6 is 0 Å². The molecule has 2 heterocycles. The first kappa shape index (κ1) is 13.1. The summed E-state index contributed by atoms with van der Waals surface area (Å²) in [4.78, 5) is 16.9. The van der Waals surface area contributed by atoms with Gasteiger partial charge >= 0.3 is 0 Å². The third-order valence-corrected chi connectivity index (χ3v) is 4.29. The molecule has 106 valence electrons. The second kappa shape index (κ2) is 4.59. The number of benzene rings is 1. The van der Waals surface area contributed by atoms with E-state index in [-0.39, 0.29) is 11.4 Å². The van der Waals surface area contributed by atoms with Gasteiger partial charge < -0.3 is 4.90 Å². The maximum Gasteiger partial charge on any atom is 0.254 e. The number of nitrogens with one attached hydrogen (secondary N) is 1. The maximum atomic E-state index is 12.6. The van der Waals surface area contributed by atoms with Crippen molar-refractivity contribution in [3.63, 3.8) is 0 Å². The Morgan fingerprint density at radius 2 is 2.15 bits per heavy atom. The molecule has 1 aromatic heterocycles. The molecule has 0 unspecified atom stereocenters. The predicted molar refractivity (Wildman–Crippen MR) is 78.7 cm³/mol. The van der Waals surface area contributed by atoms with Gasteiger partial charge in [0.1, 0.15) is 0 Å². The summed E-state index contributed by atoms with van der Waals surface area (Å²) in [5, 5.41) is 7.93. The molecule has 3 rings (SSSR count). The monoisotopic (exact) mass is 272 g/mol. The van der Waals surface area contributed by atoms with Crippen LogP contribution in [0.5, 0.6) is 0 Å². The Morgan fingerprint density at radius 1 is 1.35 bits per heavy atom. The first-order valence-corrected chi connectivity index (χ1v) is 6.91. The molecule has 5 nitrogen and oxygen atoms in total. The molecule has 1 amide bonds. The van der Waals surface area contributed by atoms with E-state index in [0.717, 1.165) is 36.1 Å². The summed E-state index contributed by atoms with van der Waals surface area (Å²) in [6.45, 7) is 6.78. The number of fused-ring (bicyclic) bond motifs is 1. The first-order chi connectivity index (χ1) is 9.47. The lowest BCUT2D eigenvalue weighted by Crippen LogP contribution is -2.58. The maximum absolute atomic E-state index is 12.6. The summed E-state index contributed by atoms with van der Waals surface area (Å²) >= 11 is 0. The number of nitrogens with zero attached hydrogens (tertiary/aromatic N) is 3. The van der Waals surface area contributed by atoms with E-state index >= 15 is 0 Å². The van der Waals surface area contributed by atoms with Gasteiger partial charge in [-0.2, -0.15) is 5.10 Å². The molecule has 0 bridgehead atoms. The van der Waals surface area contributed by atoms with Gasteiger partial charge in [0.15, 0.2) is 0 Å². The number of H-pyrrole nitrogens is 1. The fraction of sp³-hybridized carbons (Fsp3) is 0.467. The zero-order valence-corrected chi connectivity index (χ0v) is 12.2. The van der Waals surface area contributed by atoms with Gasteiger partial charge in [0.2, 0.25) is 0 Å². The number of hydrogen-bond acceptors (Lipinski definition) is 3. The summed E-state index contributed by atoms with van der Waals surface area (Å²) < 4.78 is 0. The van der Waals surface area contributed by atoms with Crippen molar-refractivity contribution in [2.75, 3.05) is 26.7 Å². The van der Waals surface area contributed by atoms with E-state index in [0.29, 0.717) is 0 Å². The first-order valence-electron chi connectivity index (χ1n) is 6.91. The van der Waals surface area contributed by atoms with Crippen LogP contribution in [0.1, 0.15) is 24.2 Å². The summed E-state index contributed by atoms with van der Waals surface area (Å²) in [5.74, 6) is 0.0997. The molecule has 0 radical (unpaired) electrons. The van der Waals surface area contributed by atoms with Crippen LogP contribution < -0.4 is 0 Å². The Labute approximate surface area is 118 Å². The molecule has 1 aliphatic rings. The van der Waals surface area contributed by atoms with Gasteiger partial charge in [-0.3, -0.25) is 14.8 Å². The molecule has 1 N–H and O–H groups in total. The lowest BCUT2D eigenvalue weighted by atomic mass is 9.99. The van der Waals surface area contributed by atoms with Crippen molar-refractivity contribution in [3.05, 3.63) is 30.0 Å². The molecule has 0 spiro atoms. The van der Waals surface area contributed by atoms with Crippen LogP contribution in [0, 0.1) is 0 Å². The molecule has 2 aromatic rings. The average molecular weight is 272 g/mol. The zero-order valence-electron chi connectivity index (χ0n) is 12.2. The summed E-state index contributed by atoms with van der Waals surface area (Å²) in [5.41, 5.74) is 1.65. The summed E-state index contributed by atoms with van der Waals surface area (Å²) in [7, 11) is 2.11. The molecule has 20 heavy (non-hydrogen) atoms. The van der Waals surface area contributed by atoms with Crippen LogP contribution in [-0.4, -0.2) is 58.1 Å². The highest BCUT2D eigenvalue weighted by Crippen LogP contribution is 2.21. The largest absolute Gasteiger partial charge is 0.336 e. The van der Waals surface area contributed by atoms with Crippen LogP contribution in [0.4, 0.5) is 0 Å². The highest BCUT2D eigenvalue weighted by atomic mass is 16.2. The topological polar surface area (TPSA) is 52.2 Å². The van der Waals surface area contributed by atoms with Gasteiger partial charge in [-0.1, -0.05) is 6.07 Å².